The van der Waals surface area contributed by atoms with Crippen molar-refractivity contribution in [3.8, 4) is 0 Å². The molecule has 4 aromatic carbocycles. The first-order valence-corrected chi connectivity index (χ1v) is 16.5. The Morgan fingerprint density at radius 1 is 0.262 bits per heavy atom. The van der Waals surface area contributed by atoms with E-state index in [1.54, 1.807) is 0 Å². The Labute approximate surface area is 266 Å². The molecule has 0 nitrogen and oxygen atoms in total. The molecule has 0 saturated carbocycles. The first-order valence-electron chi connectivity index (χ1n) is 16.5. The summed E-state index contributed by atoms with van der Waals surface area (Å²) in [5.74, 6) is 0. The minimum absolute atomic E-state index is 1.25. The summed E-state index contributed by atoms with van der Waals surface area (Å²) in [4.78, 5) is 0. The third-order valence-electron chi connectivity index (χ3n) is 3.49. The van der Waals surface area contributed by atoms with Crippen molar-refractivity contribution < 1.29 is 0 Å². The maximum Gasteiger partial charge on any atom is -0.0398 e. The molecule has 0 N–H and O–H groups in total. The zero-order chi connectivity index (χ0) is 33.7. The molecule has 0 heteroatoms. The summed E-state index contributed by atoms with van der Waals surface area (Å²) in [6.45, 7) is 31.0. The van der Waals surface area contributed by atoms with Crippen LogP contribution in [0.3, 0.4) is 0 Å². The monoisotopic (exact) mass is 577 g/mol. The van der Waals surface area contributed by atoms with Gasteiger partial charge in [0.25, 0.3) is 0 Å². The van der Waals surface area contributed by atoms with E-state index in [1.807, 2.05) is 133 Å². The number of hydrogen-bond acceptors (Lipinski definition) is 0. The third-order valence-corrected chi connectivity index (χ3v) is 3.49. The maximum atomic E-state index is 2.12. The summed E-state index contributed by atoms with van der Waals surface area (Å²) in [7, 11) is 0. The van der Waals surface area contributed by atoms with Gasteiger partial charge in [-0.3, -0.25) is 0 Å². The number of hydrogen-bond donors (Lipinski definition) is 0. The molecular weight excluding hydrogens is 504 g/mol. The van der Waals surface area contributed by atoms with Crippen molar-refractivity contribution in [2.24, 2.45) is 0 Å². The molecule has 4 rings (SSSR count). The molecule has 0 aliphatic heterocycles. The van der Waals surface area contributed by atoms with Gasteiger partial charge in [0.15, 0.2) is 0 Å². The third kappa shape index (κ3) is 65.7. The van der Waals surface area contributed by atoms with Gasteiger partial charge in [-0.25, -0.2) is 0 Å². The predicted molar refractivity (Wildman–Crippen MR) is 202 cm³/mol. The van der Waals surface area contributed by atoms with Crippen LogP contribution in [0.1, 0.15) is 119 Å². The molecule has 0 aliphatic carbocycles. The molecule has 0 aliphatic rings. The van der Waals surface area contributed by atoms with Crippen LogP contribution < -0.4 is 0 Å². The van der Waals surface area contributed by atoms with Gasteiger partial charge in [-0.1, -0.05) is 246 Å². The van der Waals surface area contributed by atoms with E-state index < -0.39 is 0 Å². The van der Waals surface area contributed by atoms with Crippen LogP contribution in [-0.2, 0) is 0 Å². The lowest BCUT2D eigenvalue weighted by molar-refractivity contribution is 1.09. The van der Waals surface area contributed by atoms with E-state index in [0.717, 1.165) is 0 Å². The van der Waals surface area contributed by atoms with Crippen LogP contribution in [0.25, 0.3) is 0 Å². The Morgan fingerprint density at radius 3 is 0.429 bits per heavy atom. The van der Waals surface area contributed by atoms with Gasteiger partial charge < -0.3 is 0 Å². The molecule has 0 spiro atoms. The molecular formula is C42H72. The van der Waals surface area contributed by atoms with E-state index in [-0.39, 0.29) is 0 Å². The second-order valence-corrected chi connectivity index (χ2v) is 8.24. The fourth-order valence-corrected chi connectivity index (χ4v) is 1.99. The number of rotatable bonds is 0. The summed E-state index contributed by atoms with van der Waals surface area (Å²) in [5.41, 5.74) is 3.97. The first-order chi connectivity index (χ1) is 20.4. The highest BCUT2D eigenvalue weighted by Crippen LogP contribution is 1.93. The molecule has 0 unspecified atom stereocenters. The van der Waals surface area contributed by atoms with E-state index in [0.29, 0.717) is 0 Å². The number of benzene rings is 4. The van der Waals surface area contributed by atoms with Gasteiger partial charge >= 0.3 is 0 Å². The smallest absolute Gasteiger partial charge is 0.0398 e. The fraction of sp³-hybridized carbons (Fsp3) is 0.429. The SMILES string of the molecule is CC.CC.CC.CCC.CCC.CCC.Cc1ccccc1.Cc1ccccc1.Cc1ccccc1.c1ccccc1. The Morgan fingerprint density at radius 2 is 0.357 bits per heavy atom. The second kappa shape index (κ2) is 57.7. The highest BCUT2D eigenvalue weighted by molar-refractivity contribution is 5.13. The molecule has 42 heavy (non-hydrogen) atoms. The molecule has 240 valence electrons. The molecule has 4 aromatic rings. The Kier molecular flexibility index (Phi) is 70.9. The quantitative estimate of drug-likeness (QED) is 0.195. The summed E-state index contributed by atoms with van der Waals surface area (Å²) in [6.07, 6.45) is 3.75. The van der Waals surface area contributed by atoms with E-state index >= 15 is 0 Å². The highest BCUT2D eigenvalue weighted by Gasteiger charge is 1.73. The van der Waals surface area contributed by atoms with Crippen LogP contribution >= 0.6 is 0 Å². The summed E-state index contributed by atoms with van der Waals surface area (Å²) in [6, 6.07) is 42.8. The second-order valence-electron chi connectivity index (χ2n) is 8.24. The lowest BCUT2D eigenvalue weighted by Gasteiger charge is -1.82. The molecule has 0 aromatic heterocycles. The lowest BCUT2D eigenvalue weighted by atomic mass is 10.2. The molecule has 0 radical (unpaired) electrons. The van der Waals surface area contributed by atoms with E-state index in [2.05, 4.69) is 98.7 Å². The van der Waals surface area contributed by atoms with Crippen molar-refractivity contribution in [3.05, 3.63) is 144 Å². The van der Waals surface area contributed by atoms with E-state index in [1.165, 1.54) is 36.0 Å². The normalized spacial score (nSPS) is 7.21. The zero-order valence-corrected chi connectivity index (χ0v) is 30.7. The van der Waals surface area contributed by atoms with Crippen molar-refractivity contribution in [1.82, 2.24) is 0 Å². The summed E-state index contributed by atoms with van der Waals surface area (Å²) in [5, 5.41) is 0. The first kappa shape index (κ1) is 51.6. The maximum absolute atomic E-state index is 2.12. The number of aryl methyl sites for hydroxylation is 3. The fourth-order valence-electron chi connectivity index (χ4n) is 1.99. The van der Waals surface area contributed by atoms with Crippen molar-refractivity contribution >= 4 is 0 Å². The zero-order valence-electron chi connectivity index (χ0n) is 30.7. The molecule has 0 heterocycles. The van der Waals surface area contributed by atoms with Gasteiger partial charge in [0.05, 0.1) is 0 Å². The van der Waals surface area contributed by atoms with Crippen molar-refractivity contribution in [2.75, 3.05) is 0 Å². The lowest BCUT2D eigenvalue weighted by Crippen LogP contribution is -1.62. The molecule has 0 atom stereocenters. The van der Waals surface area contributed by atoms with Crippen molar-refractivity contribution in [2.45, 2.75) is 123 Å². The van der Waals surface area contributed by atoms with Gasteiger partial charge in [-0.05, 0) is 20.8 Å². The van der Waals surface area contributed by atoms with Crippen LogP contribution in [0.4, 0.5) is 0 Å². The Bertz CT molecular complexity index is 701. The van der Waals surface area contributed by atoms with Gasteiger partial charge in [-0.15, -0.1) is 0 Å². The molecule has 0 bridgehead atoms. The minimum atomic E-state index is 1.25. The van der Waals surface area contributed by atoms with E-state index in [9.17, 15) is 0 Å². The standard InChI is InChI=1S/3C7H8.C6H6.3C3H8.3C2H6/c3*1-7-5-3-2-4-6-7;1-2-4-6-5-3-1;3*1-3-2;3*1-2/h3*2-6H,1H3;1-6H;3*3H2,1-2H3;3*1-2H3. The van der Waals surface area contributed by atoms with Crippen molar-refractivity contribution in [1.29, 1.82) is 0 Å². The van der Waals surface area contributed by atoms with Crippen LogP contribution in [0.5, 0.6) is 0 Å². The van der Waals surface area contributed by atoms with Gasteiger partial charge in [-0.2, -0.15) is 0 Å². The highest BCUT2D eigenvalue weighted by atomic mass is 13.8. The Balaban J connectivity index is -0.0000000896. The summed E-state index contributed by atoms with van der Waals surface area (Å²) >= 11 is 0. The van der Waals surface area contributed by atoms with Gasteiger partial charge in [0.2, 0.25) is 0 Å². The van der Waals surface area contributed by atoms with Crippen LogP contribution in [0.15, 0.2) is 127 Å². The Hall–Kier alpha value is -3.12. The molecule has 0 amide bonds. The van der Waals surface area contributed by atoms with Gasteiger partial charge in [0, 0.05) is 0 Å². The largest absolute Gasteiger partial charge is 0.0683 e. The predicted octanol–water partition coefficient (Wildman–Crippen LogP) is 15.0. The van der Waals surface area contributed by atoms with Gasteiger partial charge in [0.1, 0.15) is 0 Å². The van der Waals surface area contributed by atoms with Crippen LogP contribution in [0, 0.1) is 20.8 Å². The molecule has 0 saturated heterocycles. The van der Waals surface area contributed by atoms with Crippen LogP contribution in [0.2, 0.25) is 0 Å². The van der Waals surface area contributed by atoms with Crippen LogP contribution in [-0.4, -0.2) is 0 Å². The summed E-state index contributed by atoms with van der Waals surface area (Å²) < 4.78 is 0. The average Bonchev–Trinajstić information content (AvgIpc) is 3.04. The topological polar surface area (TPSA) is 0 Å². The van der Waals surface area contributed by atoms with Crippen molar-refractivity contribution in [3.63, 3.8) is 0 Å². The average molecular weight is 577 g/mol. The minimum Gasteiger partial charge on any atom is -0.0683 e. The molecule has 0 fully saturated rings. The van der Waals surface area contributed by atoms with E-state index in [4.69, 9.17) is 0 Å².